The van der Waals surface area contributed by atoms with Crippen LogP contribution in [0.2, 0.25) is 0 Å². The molecule has 1 aliphatic heterocycles. The molecule has 3 N–H and O–H groups in total. The summed E-state index contributed by atoms with van der Waals surface area (Å²) in [5.41, 5.74) is 7.98. The molecule has 122 valence electrons. The van der Waals surface area contributed by atoms with Gasteiger partial charge in [-0.3, -0.25) is 9.69 Å². The Labute approximate surface area is 134 Å². The third-order valence-corrected chi connectivity index (χ3v) is 4.35. The van der Waals surface area contributed by atoms with Gasteiger partial charge in [-0.05, 0) is 49.5 Å². The van der Waals surface area contributed by atoms with Gasteiger partial charge in [-0.25, -0.2) is 0 Å². The minimum Gasteiger partial charge on any atom is -0.325 e. The Hall–Kier alpha value is -1.39. The molecule has 1 saturated heterocycles. The zero-order valence-electron chi connectivity index (χ0n) is 13.8. The Balaban J connectivity index is 1.88. The van der Waals surface area contributed by atoms with Crippen molar-refractivity contribution >= 4 is 11.6 Å². The van der Waals surface area contributed by atoms with Crippen LogP contribution in [0.3, 0.4) is 0 Å². The number of anilines is 1. The number of rotatable bonds is 5. The Morgan fingerprint density at radius 1 is 1.14 bits per heavy atom. The molecule has 4 nitrogen and oxygen atoms in total. The van der Waals surface area contributed by atoms with Gasteiger partial charge < -0.3 is 11.1 Å². The molecule has 0 aromatic heterocycles. The zero-order valence-corrected chi connectivity index (χ0v) is 13.8. The normalized spacial score (nSPS) is 18.0. The quantitative estimate of drug-likeness (QED) is 0.879. The van der Waals surface area contributed by atoms with Crippen molar-refractivity contribution in [3.8, 4) is 0 Å². The molecule has 1 aromatic carbocycles. The molecule has 4 heteroatoms. The smallest absolute Gasteiger partial charge is 0.241 e. The van der Waals surface area contributed by atoms with Crippen LogP contribution in [0.15, 0.2) is 24.3 Å². The second kappa shape index (κ2) is 8.30. The molecular weight excluding hydrogens is 274 g/mol. The van der Waals surface area contributed by atoms with E-state index in [9.17, 15) is 4.79 Å². The van der Waals surface area contributed by atoms with Crippen LogP contribution in [0.25, 0.3) is 0 Å². The van der Waals surface area contributed by atoms with Crippen LogP contribution in [0, 0.1) is 5.92 Å². The lowest BCUT2D eigenvalue weighted by molar-refractivity contribution is -0.118. The zero-order chi connectivity index (χ0) is 15.9. The SMILES string of the molecule is CC(C)[C@H](N)C(=O)Nc1ccc(CN2CCCCCC2)cc1. The topological polar surface area (TPSA) is 58.4 Å². The number of carbonyl (C=O) groups is 1. The molecule has 0 bridgehead atoms. The van der Waals surface area contributed by atoms with Gasteiger partial charge >= 0.3 is 0 Å². The molecule has 1 atom stereocenters. The van der Waals surface area contributed by atoms with Crippen LogP contribution in [-0.4, -0.2) is 29.9 Å². The summed E-state index contributed by atoms with van der Waals surface area (Å²) in [5.74, 6) is 0.0255. The molecule has 1 amide bonds. The van der Waals surface area contributed by atoms with Crippen molar-refractivity contribution in [1.82, 2.24) is 4.90 Å². The number of amides is 1. The van der Waals surface area contributed by atoms with Gasteiger partial charge in [0.25, 0.3) is 0 Å². The third-order valence-electron chi connectivity index (χ3n) is 4.35. The van der Waals surface area contributed by atoms with Gasteiger partial charge in [0.15, 0.2) is 0 Å². The number of benzene rings is 1. The van der Waals surface area contributed by atoms with Crippen LogP contribution in [-0.2, 0) is 11.3 Å². The maximum absolute atomic E-state index is 11.9. The summed E-state index contributed by atoms with van der Waals surface area (Å²) in [6.45, 7) is 7.30. The van der Waals surface area contributed by atoms with Crippen molar-refractivity contribution < 1.29 is 4.79 Å². The lowest BCUT2D eigenvalue weighted by Gasteiger charge is -2.20. The molecule has 0 aliphatic carbocycles. The second-order valence-corrected chi connectivity index (χ2v) is 6.65. The molecular formula is C18H29N3O. The summed E-state index contributed by atoms with van der Waals surface area (Å²) in [6.07, 6.45) is 5.33. The number of nitrogens with one attached hydrogen (secondary N) is 1. The molecule has 0 unspecified atom stereocenters. The fourth-order valence-corrected chi connectivity index (χ4v) is 2.77. The Morgan fingerprint density at radius 3 is 2.27 bits per heavy atom. The maximum Gasteiger partial charge on any atom is 0.241 e. The predicted molar refractivity (Wildman–Crippen MR) is 91.6 cm³/mol. The van der Waals surface area contributed by atoms with E-state index >= 15 is 0 Å². The van der Waals surface area contributed by atoms with Crippen LogP contribution >= 0.6 is 0 Å². The van der Waals surface area contributed by atoms with E-state index in [-0.39, 0.29) is 11.8 Å². The molecule has 1 aromatic rings. The van der Waals surface area contributed by atoms with E-state index in [1.54, 1.807) is 0 Å². The van der Waals surface area contributed by atoms with Crippen LogP contribution < -0.4 is 11.1 Å². The monoisotopic (exact) mass is 303 g/mol. The highest BCUT2D eigenvalue weighted by Crippen LogP contribution is 2.15. The highest BCUT2D eigenvalue weighted by molar-refractivity contribution is 5.94. The van der Waals surface area contributed by atoms with Gasteiger partial charge in [0.05, 0.1) is 6.04 Å². The van der Waals surface area contributed by atoms with E-state index in [2.05, 4.69) is 22.3 Å². The lowest BCUT2D eigenvalue weighted by Crippen LogP contribution is -2.39. The number of hydrogen-bond donors (Lipinski definition) is 2. The Morgan fingerprint density at radius 2 is 1.73 bits per heavy atom. The van der Waals surface area contributed by atoms with Gasteiger partial charge in [0, 0.05) is 12.2 Å². The van der Waals surface area contributed by atoms with Crippen molar-refractivity contribution in [2.24, 2.45) is 11.7 Å². The summed E-state index contributed by atoms with van der Waals surface area (Å²) in [7, 11) is 0. The summed E-state index contributed by atoms with van der Waals surface area (Å²) >= 11 is 0. The first-order chi connectivity index (χ1) is 10.6. The van der Waals surface area contributed by atoms with Gasteiger partial charge in [-0.15, -0.1) is 0 Å². The Kier molecular flexibility index (Phi) is 6.40. The second-order valence-electron chi connectivity index (χ2n) is 6.65. The van der Waals surface area contributed by atoms with Gasteiger partial charge in [-0.1, -0.05) is 38.8 Å². The summed E-state index contributed by atoms with van der Waals surface area (Å²) < 4.78 is 0. The minimum absolute atomic E-state index is 0.115. The van der Waals surface area contributed by atoms with E-state index in [0.29, 0.717) is 0 Å². The number of nitrogens with zero attached hydrogens (tertiary/aromatic N) is 1. The summed E-state index contributed by atoms with van der Waals surface area (Å²) in [5, 5.41) is 2.89. The highest BCUT2D eigenvalue weighted by Gasteiger charge is 2.17. The first kappa shape index (κ1) is 17.0. The van der Waals surface area contributed by atoms with Crippen molar-refractivity contribution in [2.75, 3.05) is 18.4 Å². The van der Waals surface area contributed by atoms with Gasteiger partial charge in [-0.2, -0.15) is 0 Å². The average molecular weight is 303 g/mol. The first-order valence-electron chi connectivity index (χ1n) is 8.44. The van der Waals surface area contributed by atoms with E-state index in [1.165, 1.54) is 44.3 Å². The van der Waals surface area contributed by atoms with E-state index in [1.807, 2.05) is 26.0 Å². The molecule has 1 heterocycles. The Bertz CT molecular complexity index is 462. The molecule has 0 spiro atoms. The van der Waals surface area contributed by atoms with Gasteiger partial charge in [0.2, 0.25) is 5.91 Å². The number of carbonyl (C=O) groups excluding carboxylic acids is 1. The molecule has 2 rings (SSSR count). The minimum atomic E-state index is -0.461. The highest BCUT2D eigenvalue weighted by atomic mass is 16.2. The van der Waals surface area contributed by atoms with Crippen molar-refractivity contribution in [1.29, 1.82) is 0 Å². The summed E-state index contributed by atoms with van der Waals surface area (Å²) in [6, 6.07) is 7.68. The number of hydrogen-bond acceptors (Lipinski definition) is 3. The predicted octanol–water partition coefficient (Wildman–Crippen LogP) is 2.98. The number of likely N-dealkylation sites (tertiary alicyclic amines) is 1. The number of nitrogens with two attached hydrogens (primary N) is 1. The van der Waals surface area contributed by atoms with Crippen LogP contribution in [0.1, 0.15) is 45.1 Å². The molecule has 1 aliphatic rings. The fourth-order valence-electron chi connectivity index (χ4n) is 2.77. The molecule has 22 heavy (non-hydrogen) atoms. The largest absolute Gasteiger partial charge is 0.325 e. The fraction of sp³-hybridized carbons (Fsp3) is 0.611. The standard InChI is InChI=1S/C18H29N3O/c1-14(2)17(19)18(22)20-16-9-7-15(8-10-16)13-21-11-5-3-4-6-12-21/h7-10,14,17H,3-6,11-13,19H2,1-2H3,(H,20,22)/t17-/m0/s1. The van der Waals surface area contributed by atoms with Crippen molar-refractivity contribution in [3.05, 3.63) is 29.8 Å². The van der Waals surface area contributed by atoms with E-state index < -0.39 is 6.04 Å². The van der Waals surface area contributed by atoms with Crippen molar-refractivity contribution in [2.45, 2.75) is 52.1 Å². The molecule has 0 saturated carbocycles. The first-order valence-corrected chi connectivity index (χ1v) is 8.44. The average Bonchev–Trinajstić information content (AvgIpc) is 2.77. The lowest BCUT2D eigenvalue weighted by atomic mass is 10.0. The van der Waals surface area contributed by atoms with Crippen molar-refractivity contribution in [3.63, 3.8) is 0 Å². The molecule has 0 radical (unpaired) electrons. The van der Waals surface area contributed by atoms with E-state index in [4.69, 9.17) is 5.73 Å². The molecule has 1 fully saturated rings. The van der Waals surface area contributed by atoms with Crippen LogP contribution in [0.5, 0.6) is 0 Å². The maximum atomic E-state index is 11.9. The van der Waals surface area contributed by atoms with Gasteiger partial charge in [0.1, 0.15) is 0 Å². The summed E-state index contributed by atoms with van der Waals surface area (Å²) in [4.78, 5) is 14.5. The van der Waals surface area contributed by atoms with Crippen LogP contribution in [0.4, 0.5) is 5.69 Å². The third kappa shape index (κ3) is 5.11. The van der Waals surface area contributed by atoms with E-state index in [0.717, 1.165) is 12.2 Å².